The first-order chi connectivity index (χ1) is 15.5. The number of nitrogens with one attached hydrogen (secondary N) is 1. The molecule has 170 valence electrons. The van der Waals surface area contributed by atoms with Crippen LogP contribution in [0.1, 0.15) is 61.2 Å². The Balaban J connectivity index is 1.62. The zero-order valence-electron chi connectivity index (χ0n) is 19.2. The number of piperidine rings is 1. The number of aromatic amines is 1. The van der Waals surface area contributed by atoms with Crippen molar-refractivity contribution in [2.45, 2.75) is 65.1 Å². The van der Waals surface area contributed by atoms with Gasteiger partial charge in [0.25, 0.3) is 5.56 Å². The molecule has 0 bridgehead atoms. The van der Waals surface area contributed by atoms with Crippen LogP contribution < -0.4 is 5.56 Å². The molecule has 1 aromatic carbocycles. The molecule has 4 heterocycles. The first-order valence-corrected chi connectivity index (χ1v) is 11.8. The Labute approximate surface area is 188 Å². The zero-order chi connectivity index (χ0) is 22.2. The fourth-order valence-corrected chi connectivity index (χ4v) is 5.37. The van der Waals surface area contributed by atoms with Gasteiger partial charge in [-0.15, -0.1) is 5.10 Å². The largest absolute Gasteiger partial charge is 0.376 e. The zero-order valence-corrected chi connectivity index (χ0v) is 19.2. The Morgan fingerprint density at radius 3 is 2.88 bits per heavy atom. The van der Waals surface area contributed by atoms with Gasteiger partial charge in [-0.1, -0.05) is 13.0 Å². The summed E-state index contributed by atoms with van der Waals surface area (Å²) in [6.07, 6.45) is 4.52. The second kappa shape index (κ2) is 8.75. The Morgan fingerprint density at radius 1 is 1.22 bits per heavy atom. The number of tetrazole rings is 1. The van der Waals surface area contributed by atoms with Gasteiger partial charge >= 0.3 is 0 Å². The number of ether oxygens (including phenoxy) is 1. The van der Waals surface area contributed by atoms with Crippen LogP contribution >= 0.6 is 0 Å². The summed E-state index contributed by atoms with van der Waals surface area (Å²) in [6.45, 7) is 9.67. The summed E-state index contributed by atoms with van der Waals surface area (Å²) < 4.78 is 7.69. The highest BCUT2D eigenvalue weighted by Crippen LogP contribution is 2.32. The van der Waals surface area contributed by atoms with E-state index in [1.54, 1.807) is 0 Å². The maximum Gasteiger partial charge on any atom is 0.253 e. The van der Waals surface area contributed by atoms with Gasteiger partial charge in [0, 0.05) is 29.6 Å². The quantitative estimate of drug-likeness (QED) is 0.661. The van der Waals surface area contributed by atoms with Crippen LogP contribution in [-0.2, 0) is 11.3 Å². The monoisotopic (exact) mass is 436 g/mol. The minimum atomic E-state index is -0.289. The molecule has 5 rings (SSSR count). The van der Waals surface area contributed by atoms with Gasteiger partial charge in [0.15, 0.2) is 5.82 Å². The highest BCUT2D eigenvalue weighted by atomic mass is 16.5. The van der Waals surface area contributed by atoms with Gasteiger partial charge in [-0.3, -0.25) is 9.69 Å². The molecule has 0 amide bonds. The minimum Gasteiger partial charge on any atom is -0.376 e. The third kappa shape index (κ3) is 4.09. The van der Waals surface area contributed by atoms with E-state index in [1.807, 2.05) is 10.7 Å². The van der Waals surface area contributed by atoms with Gasteiger partial charge in [-0.25, -0.2) is 4.68 Å². The fraction of sp³-hybridized carbons (Fsp3) is 0.583. The van der Waals surface area contributed by atoms with Gasteiger partial charge in [-0.2, -0.15) is 0 Å². The molecule has 8 nitrogen and oxygen atoms in total. The number of aromatic nitrogens is 5. The van der Waals surface area contributed by atoms with Crippen LogP contribution in [0, 0.1) is 19.8 Å². The number of benzene rings is 1. The summed E-state index contributed by atoms with van der Waals surface area (Å²) in [4.78, 5) is 18.9. The number of hydrogen-bond donors (Lipinski definition) is 1. The first-order valence-electron chi connectivity index (χ1n) is 11.8. The van der Waals surface area contributed by atoms with Gasteiger partial charge < -0.3 is 9.72 Å². The highest BCUT2D eigenvalue weighted by Gasteiger charge is 2.33. The van der Waals surface area contributed by atoms with E-state index < -0.39 is 0 Å². The molecule has 3 atom stereocenters. The summed E-state index contributed by atoms with van der Waals surface area (Å²) in [5, 5.41) is 13.8. The molecule has 3 aromatic rings. The van der Waals surface area contributed by atoms with Crippen molar-refractivity contribution < 1.29 is 4.74 Å². The lowest BCUT2D eigenvalue weighted by Crippen LogP contribution is -2.41. The van der Waals surface area contributed by atoms with E-state index in [4.69, 9.17) is 4.74 Å². The molecule has 2 aromatic heterocycles. The molecule has 32 heavy (non-hydrogen) atoms. The standard InChI is InChI=1S/C24H32N6O2/c1-15-6-4-8-29(13-15)22(23-26-27-28-30(23)14-18-7-5-9-32-18)20-12-19-17(3)10-16(2)11-21(19)25-24(20)31/h10-12,15,18,22H,4-9,13-14H2,1-3H3,(H,25,31). The normalized spacial score (nSPS) is 23.1. The van der Waals surface area contributed by atoms with Gasteiger partial charge in [0.1, 0.15) is 6.04 Å². The van der Waals surface area contributed by atoms with E-state index in [-0.39, 0.29) is 17.7 Å². The molecule has 1 N–H and O–H groups in total. The number of likely N-dealkylation sites (tertiary alicyclic amines) is 1. The molecule has 0 aliphatic carbocycles. The van der Waals surface area contributed by atoms with Crippen molar-refractivity contribution in [3.8, 4) is 0 Å². The molecule has 3 unspecified atom stereocenters. The second-order valence-electron chi connectivity index (χ2n) is 9.60. The lowest BCUT2D eigenvalue weighted by molar-refractivity contribution is 0.0889. The average molecular weight is 437 g/mol. The molecule has 2 saturated heterocycles. The van der Waals surface area contributed by atoms with Crippen molar-refractivity contribution in [3.05, 3.63) is 51.1 Å². The highest BCUT2D eigenvalue weighted by molar-refractivity contribution is 5.83. The van der Waals surface area contributed by atoms with Crippen molar-refractivity contribution >= 4 is 10.9 Å². The first kappa shape index (κ1) is 21.3. The van der Waals surface area contributed by atoms with Crippen LogP contribution in [0.5, 0.6) is 0 Å². The summed E-state index contributed by atoms with van der Waals surface area (Å²) in [7, 11) is 0. The molecule has 2 aliphatic rings. The number of H-pyrrole nitrogens is 1. The molecule has 8 heteroatoms. The second-order valence-corrected chi connectivity index (χ2v) is 9.60. The Kier molecular flexibility index (Phi) is 5.82. The summed E-state index contributed by atoms with van der Waals surface area (Å²) in [5.74, 6) is 1.29. The summed E-state index contributed by atoms with van der Waals surface area (Å²) in [5.41, 5.74) is 3.81. The van der Waals surface area contributed by atoms with Crippen LogP contribution in [0.3, 0.4) is 0 Å². The third-order valence-corrected chi connectivity index (χ3v) is 6.89. The Morgan fingerprint density at radius 2 is 2.09 bits per heavy atom. The van der Waals surface area contributed by atoms with Crippen molar-refractivity contribution in [2.24, 2.45) is 5.92 Å². The molecule has 2 aliphatic heterocycles. The Bertz CT molecular complexity index is 1160. The lowest BCUT2D eigenvalue weighted by atomic mass is 9.95. The van der Waals surface area contributed by atoms with E-state index in [2.05, 4.69) is 58.3 Å². The number of fused-ring (bicyclic) bond motifs is 1. The minimum absolute atomic E-state index is 0.0719. The number of pyridine rings is 1. The Hall–Kier alpha value is -2.58. The number of aryl methyl sites for hydroxylation is 2. The van der Waals surface area contributed by atoms with Gasteiger partial charge in [0.05, 0.1) is 12.6 Å². The molecule has 0 saturated carbocycles. The van der Waals surface area contributed by atoms with Crippen LogP contribution in [-0.4, -0.2) is 55.9 Å². The van der Waals surface area contributed by atoms with Gasteiger partial charge in [0.2, 0.25) is 0 Å². The van der Waals surface area contributed by atoms with Crippen molar-refractivity contribution in [2.75, 3.05) is 19.7 Å². The molecular weight excluding hydrogens is 404 g/mol. The van der Waals surface area contributed by atoms with Crippen molar-refractivity contribution in [3.63, 3.8) is 0 Å². The van der Waals surface area contributed by atoms with E-state index >= 15 is 0 Å². The SMILES string of the molecule is Cc1cc(C)c2cc(C(c3nnnn3CC3CCCO3)N3CCCC(C)C3)c(=O)[nH]c2c1. The number of nitrogens with zero attached hydrogens (tertiary/aromatic N) is 5. The topological polar surface area (TPSA) is 88.9 Å². The summed E-state index contributed by atoms with van der Waals surface area (Å²) in [6, 6.07) is 5.96. The van der Waals surface area contributed by atoms with E-state index in [1.165, 1.54) is 6.42 Å². The smallest absolute Gasteiger partial charge is 0.253 e. The molecule has 0 spiro atoms. The van der Waals surface area contributed by atoms with E-state index in [0.717, 1.165) is 66.8 Å². The van der Waals surface area contributed by atoms with Crippen LogP contribution in [0.4, 0.5) is 0 Å². The maximum absolute atomic E-state index is 13.4. The van der Waals surface area contributed by atoms with Crippen LogP contribution in [0.25, 0.3) is 10.9 Å². The van der Waals surface area contributed by atoms with Crippen LogP contribution in [0.2, 0.25) is 0 Å². The predicted molar refractivity (Wildman–Crippen MR) is 123 cm³/mol. The lowest BCUT2D eigenvalue weighted by Gasteiger charge is -2.36. The van der Waals surface area contributed by atoms with Gasteiger partial charge in [-0.05, 0) is 85.7 Å². The predicted octanol–water partition coefficient (Wildman–Crippen LogP) is 3.13. The molecule has 2 fully saturated rings. The van der Waals surface area contributed by atoms with Crippen molar-refractivity contribution in [1.29, 1.82) is 0 Å². The van der Waals surface area contributed by atoms with Crippen molar-refractivity contribution in [1.82, 2.24) is 30.1 Å². The number of rotatable bonds is 5. The fourth-order valence-electron chi connectivity index (χ4n) is 5.37. The summed E-state index contributed by atoms with van der Waals surface area (Å²) >= 11 is 0. The number of hydrogen-bond acceptors (Lipinski definition) is 6. The molecule has 0 radical (unpaired) electrons. The average Bonchev–Trinajstić information content (AvgIpc) is 3.42. The van der Waals surface area contributed by atoms with Crippen LogP contribution in [0.15, 0.2) is 23.0 Å². The third-order valence-electron chi connectivity index (χ3n) is 6.89. The maximum atomic E-state index is 13.4. The molecular formula is C24H32N6O2. The van der Waals surface area contributed by atoms with E-state index in [0.29, 0.717) is 18.0 Å². The van der Waals surface area contributed by atoms with E-state index in [9.17, 15) is 4.79 Å².